The summed E-state index contributed by atoms with van der Waals surface area (Å²) in [6.07, 6.45) is 0.585. The molecule has 140 valence electrons. The summed E-state index contributed by atoms with van der Waals surface area (Å²) in [5.41, 5.74) is 3.57. The number of aromatic nitrogens is 3. The van der Waals surface area contributed by atoms with Gasteiger partial charge in [0.1, 0.15) is 11.5 Å². The molecule has 0 bridgehead atoms. The second-order valence-corrected chi connectivity index (χ2v) is 6.40. The highest BCUT2D eigenvalue weighted by molar-refractivity contribution is 5.91. The molecule has 6 heteroatoms. The Morgan fingerprint density at radius 3 is 2.46 bits per heavy atom. The zero-order chi connectivity index (χ0) is 19.3. The smallest absolute Gasteiger partial charge is 0.302 e. The number of carbonyl (C=O) groups is 1. The molecule has 0 aliphatic rings. The van der Waals surface area contributed by atoms with E-state index in [9.17, 15) is 4.79 Å². The predicted molar refractivity (Wildman–Crippen MR) is 109 cm³/mol. The van der Waals surface area contributed by atoms with Gasteiger partial charge in [-0.1, -0.05) is 48.5 Å². The SMILES string of the molecule is CC(=O)OCCc1cc2c(Nc3ccccc3)nc(-c3ccccc3)nc2[nH]1. The van der Waals surface area contributed by atoms with E-state index in [1.165, 1.54) is 6.92 Å². The normalized spacial score (nSPS) is 10.8. The molecule has 0 atom stereocenters. The average Bonchev–Trinajstić information content (AvgIpc) is 3.12. The lowest BCUT2D eigenvalue weighted by molar-refractivity contribution is -0.140. The lowest BCUT2D eigenvalue weighted by atomic mass is 10.2. The van der Waals surface area contributed by atoms with Gasteiger partial charge in [0.2, 0.25) is 0 Å². The first-order valence-corrected chi connectivity index (χ1v) is 9.09. The number of benzene rings is 2. The van der Waals surface area contributed by atoms with Gasteiger partial charge in [-0.2, -0.15) is 0 Å². The van der Waals surface area contributed by atoms with Crippen LogP contribution < -0.4 is 5.32 Å². The van der Waals surface area contributed by atoms with Crippen LogP contribution in [0.25, 0.3) is 22.4 Å². The number of rotatable bonds is 6. The van der Waals surface area contributed by atoms with Crippen molar-refractivity contribution in [2.45, 2.75) is 13.3 Å². The van der Waals surface area contributed by atoms with Crippen LogP contribution in [0.4, 0.5) is 11.5 Å². The Bertz CT molecular complexity index is 1090. The molecule has 4 rings (SSSR count). The van der Waals surface area contributed by atoms with Crippen LogP contribution in [0.3, 0.4) is 0 Å². The van der Waals surface area contributed by atoms with E-state index in [1.54, 1.807) is 0 Å². The van der Waals surface area contributed by atoms with Crippen LogP contribution in [0.5, 0.6) is 0 Å². The highest BCUT2D eigenvalue weighted by Gasteiger charge is 2.13. The maximum absolute atomic E-state index is 11.0. The number of para-hydroxylation sites is 1. The zero-order valence-corrected chi connectivity index (χ0v) is 15.5. The van der Waals surface area contributed by atoms with Gasteiger partial charge in [0, 0.05) is 30.3 Å². The van der Waals surface area contributed by atoms with Crippen LogP contribution in [0, 0.1) is 0 Å². The van der Waals surface area contributed by atoms with Crippen molar-refractivity contribution >= 4 is 28.5 Å². The molecule has 0 amide bonds. The summed E-state index contributed by atoms with van der Waals surface area (Å²) in [6.45, 7) is 1.73. The molecule has 0 saturated heterocycles. The Kier molecular flexibility index (Phi) is 5.01. The van der Waals surface area contributed by atoms with Crippen molar-refractivity contribution in [1.29, 1.82) is 0 Å². The minimum atomic E-state index is -0.284. The maximum Gasteiger partial charge on any atom is 0.302 e. The van der Waals surface area contributed by atoms with E-state index in [0.717, 1.165) is 33.8 Å². The molecule has 0 saturated carbocycles. The number of nitrogens with one attached hydrogen (secondary N) is 2. The fraction of sp³-hybridized carbons (Fsp3) is 0.136. The van der Waals surface area contributed by atoms with Crippen LogP contribution in [-0.2, 0) is 16.0 Å². The van der Waals surface area contributed by atoms with Crippen molar-refractivity contribution in [1.82, 2.24) is 15.0 Å². The van der Waals surface area contributed by atoms with Crippen molar-refractivity contribution in [2.24, 2.45) is 0 Å². The standard InChI is InChI=1S/C22H20N4O2/c1-15(27)28-13-12-18-14-19-21(23-17-10-6-3-7-11-17)25-20(26-22(19)24-18)16-8-4-2-5-9-16/h2-11,14H,12-13H2,1H3,(H2,23,24,25,26). The molecule has 0 aliphatic carbocycles. The monoisotopic (exact) mass is 372 g/mol. The molecule has 0 aliphatic heterocycles. The van der Waals surface area contributed by atoms with E-state index in [-0.39, 0.29) is 5.97 Å². The summed E-state index contributed by atoms with van der Waals surface area (Å²) in [7, 11) is 0. The third kappa shape index (κ3) is 4.01. The van der Waals surface area contributed by atoms with Gasteiger partial charge in [-0.25, -0.2) is 9.97 Å². The Morgan fingerprint density at radius 1 is 1.04 bits per heavy atom. The molecule has 28 heavy (non-hydrogen) atoms. The number of anilines is 2. The van der Waals surface area contributed by atoms with Crippen LogP contribution in [0.2, 0.25) is 0 Å². The molecule has 4 aromatic rings. The zero-order valence-electron chi connectivity index (χ0n) is 15.5. The first-order valence-electron chi connectivity index (χ1n) is 9.09. The molecule has 2 heterocycles. The van der Waals surface area contributed by atoms with Crippen molar-refractivity contribution in [2.75, 3.05) is 11.9 Å². The summed E-state index contributed by atoms with van der Waals surface area (Å²) in [6, 6.07) is 21.8. The van der Waals surface area contributed by atoms with Gasteiger partial charge >= 0.3 is 5.97 Å². The molecule has 0 spiro atoms. The second kappa shape index (κ2) is 7.92. The first-order chi connectivity index (χ1) is 13.7. The summed E-state index contributed by atoms with van der Waals surface area (Å²) < 4.78 is 5.05. The van der Waals surface area contributed by atoms with E-state index in [0.29, 0.717) is 18.9 Å². The molecular formula is C22H20N4O2. The minimum Gasteiger partial charge on any atom is -0.465 e. The van der Waals surface area contributed by atoms with Crippen LogP contribution >= 0.6 is 0 Å². The van der Waals surface area contributed by atoms with Gasteiger partial charge in [-0.05, 0) is 18.2 Å². The third-order valence-corrected chi connectivity index (χ3v) is 4.29. The largest absolute Gasteiger partial charge is 0.465 e. The van der Waals surface area contributed by atoms with Gasteiger partial charge in [0.05, 0.1) is 12.0 Å². The average molecular weight is 372 g/mol. The van der Waals surface area contributed by atoms with Crippen molar-refractivity contribution in [3.8, 4) is 11.4 Å². The van der Waals surface area contributed by atoms with E-state index in [1.807, 2.05) is 66.7 Å². The molecule has 2 aromatic carbocycles. The van der Waals surface area contributed by atoms with Crippen molar-refractivity contribution in [3.05, 3.63) is 72.4 Å². The number of fused-ring (bicyclic) bond motifs is 1. The Balaban J connectivity index is 1.74. The number of carbonyl (C=O) groups excluding carboxylic acids is 1. The number of ether oxygens (including phenoxy) is 1. The van der Waals surface area contributed by atoms with Gasteiger partial charge in [0.25, 0.3) is 0 Å². The maximum atomic E-state index is 11.0. The van der Waals surface area contributed by atoms with Crippen molar-refractivity contribution < 1.29 is 9.53 Å². The highest BCUT2D eigenvalue weighted by atomic mass is 16.5. The molecule has 0 fully saturated rings. The quantitative estimate of drug-likeness (QED) is 0.488. The Labute approximate surface area is 162 Å². The molecule has 0 radical (unpaired) electrons. The third-order valence-electron chi connectivity index (χ3n) is 4.29. The predicted octanol–water partition coefficient (Wildman–Crippen LogP) is 4.47. The van der Waals surface area contributed by atoms with Crippen LogP contribution in [-0.4, -0.2) is 27.5 Å². The van der Waals surface area contributed by atoms with Gasteiger partial charge in [-0.15, -0.1) is 0 Å². The number of aromatic amines is 1. The summed E-state index contributed by atoms with van der Waals surface area (Å²) in [5, 5.41) is 4.28. The topological polar surface area (TPSA) is 79.9 Å². The van der Waals surface area contributed by atoms with E-state index >= 15 is 0 Å². The second-order valence-electron chi connectivity index (χ2n) is 6.40. The number of hydrogen-bond acceptors (Lipinski definition) is 5. The number of H-pyrrole nitrogens is 1. The van der Waals surface area contributed by atoms with Crippen LogP contribution in [0.1, 0.15) is 12.6 Å². The number of nitrogens with zero attached hydrogens (tertiary/aromatic N) is 2. The minimum absolute atomic E-state index is 0.284. The highest BCUT2D eigenvalue weighted by Crippen LogP contribution is 2.28. The molecule has 6 nitrogen and oxygen atoms in total. The van der Waals surface area contributed by atoms with Crippen molar-refractivity contribution in [3.63, 3.8) is 0 Å². The fourth-order valence-electron chi connectivity index (χ4n) is 2.97. The molecule has 2 aromatic heterocycles. The Morgan fingerprint density at radius 2 is 1.75 bits per heavy atom. The van der Waals surface area contributed by atoms with E-state index in [2.05, 4.69) is 10.3 Å². The van der Waals surface area contributed by atoms with Gasteiger partial charge < -0.3 is 15.0 Å². The van der Waals surface area contributed by atoms with Crippen LogP contribution in [0.15, 0.2) is 66.7 Å². The van der Waals surface area contributed by atoms with E-state index in [4.69, 9.17) is 14.7 Å². The molecule has 2 N–H and O–H groups in total. The number of hydrogen-bond donors (Lipinski definition) is 2. The summed E-state index contributed by atoms with van der Waals surface area (Å²) in [4.78, 5) is 23.8. The molecular weight excluding hydrogens is 352 g/mol. The van der Waals surface area contributed by atoms with Gasteiger partial charge in [0.15, 0.2) is 5.82 Å². The Hall–Kier alpha value is -3.67. The number of esters is 1. The summed E-state index contributed by atoms with van der Waals surface area (Å²) in [5.74, 6) is 1.08. The fourth-order valence-corrected chi connectivity index (χ4v) is 2.97. The first kappa shape index (κ1) is 17.7. The van der Waals surface area contributed by atoms with E-state index < -0.39 is 0 Å². The molecule has 0 unspecified atom stereocenters. The van der Waals surface area contributed by atoms with Gasteiger partial charge in [-0.3, -0.25) is 4.79 Å². The summed E-state index contributed by atoms with van der Waals surface area (Å²) >= 11 is 0. The lowest BCUT2D eigenvalue weighted by Gasteiger charge is -2.09. The lowest BCUT2D eigenvalue weighted by Crippen LogP contribution is -2.03.